The van der Waals surface area contributed by atoms with Crippen LogP contribution in [-0.2, 0) is 6.42 Å². The molecule has 1 atom stereocenters. The average Bonchev–Trinajstić information content (AvgIpc) is 3.60. The molecule has 5 aromatic rings. The van der Waals surface area contributed by atoms with Crippen molar-refractivity contribution in [1.82, 2.24) is 19.9 Å². The monoisotopic (exact) mass is 453 g/mol. The molecule has 0 bridgehead atoms. The Morgan fingerprint density at radius 2 is 2.06 bits per heavy atom. The van der Waals surface area contributed by atoms with E-state index in [1.165, 1.54) is 11.1 Å². The van der Waals surface area contributed by atoms with Crippen molar-refractivity contribution >= 4 is 22.8 Å². The van der Waals surface area contributed by atoms with Crippen LogP contribution in [0, 0.1) is 13.8 Å². The zero-order valence-corrected chi connectivity index (χ0v) is 18.9. The number of carbonyl (C=O) groups is 1. The summed E-state index contributed by atoms with van der Waals surface area (Å²) in [5.41, 5.74) is 5.32. The van der Waals surface area contributed by atoms with Gasteiger partial charge in [-0.2, -0.15) is 5.10 Å². The first kappa shape index (κ1) is 20.4. The van der Waals surface area contributed by atoms with Crippen LogP contribution in [0.25, 0.3) is 22.6 Å². The van der Waals surface area contributed by atoms with Gasteiger partial charge in [0.15, 0.2) is 5.76 Å². The highest BCUT2D eigenvalue weighted by molar-refractivity contribution is 6.12. The number of carbonyl (C=O) groups excluding carboxylic acids is 1. The first-order valence-electron chi connectivity index (χ1n) is 11.3. The van der Waals surface area contributed by atoms with Crippen LogP contribution in [0.4, 0.5) is 5.82 Å². The van der Waals surface area contributed by atoms with Crippen LogP contribution in [0.1, 0.15) is 51.6 Å². The minimum absolute atomic E-state index is 0.0717. The Hall–Kier alpha value is -4.20. The second-order valence-corrected chi connectivity index (χ2v) is 8.66. The van der Waals surface area contributed by atoms with Gasteiger partial charge in [0, 0.05) is 5.56 Å². The molecular formula is C26H23N5O3. The number of hydrogen-bond acceptors (Lipinski definition) is 6. The molecule has 0 fully saturated rings. The predicted octanol–water partition coefficient (Wildman–Crippen LogP) is 5.47. The van der Waals surface area contributed by atoms with Crippen LogP contribution in [-0.4, -0.2) is 25.8 Å². The molecule has 0 saturated heterocycles. The summed E-state index contributed by atoms with van der Waals surface area (Å²) in [5.74, 6) is 0.954. The van der Waals surface area contributed by atoms with Crippen LogP contribution in [0.3, 0.4) is 0 Å². The third kappa shape index (κ3) is 3.30. The number of benzene rings is 1. The number of pyridine rings is 1. The number of hydrogen-bond donors (Lipinski definition) is 1. The fraction of sp³-hybridized carbons (Fsp3) is 0.231. The van der Waals surface area contributed by atoms with Gasteiger partial charge in [0.25, 0.3) is 11.6 Å². The Kier molecular flexibility index (Phi) is 4.79. The van der Waals surface area contributed by atoms with Gasteiger partial charge in [-0.1, -0.05) is 29.4 Å². The van der Waals surface area contributed by atoms with Crippen LogP contribution < -0.4 is 5.32 Å². The first-order chi connectivity index (χ1) is 16.6. The lowest BCUT2D eigenvalue weighted by Gasteiger charge is -2.27. The van der Waals surface area contributed by atoms with Crippen molar-refractivity contribution in [2.45, 2.75) is 39.2 Å². The van der Waals surface area contributed by atoms with Crippen molar-refractivity contribution in [3.8, 4) is 11.5 Å². The van der Waals surface area contributed by atoms with Gasteiger partial charge in [0.2, 0.25) is 0 Å². The molecule has 1 aliphatic rings. The molecule has 0 aliphatic heterocycles. The second-order valence-electron chi connectivity index (χ2n) is 8.66. The molecule has 1 aromatic carbocycles. The summed E-state index contributed by atoms with van der Waals surface area (Å²) in [6.45, 7) is 3.75. The minimum Gasteiger partial charge on any atom is -0.463 e. The highest BCUT2D eigenvalue weighted by Gasteiger charge is 2.27. The Balaban J connectivity index is 1.41. The summed E-state index contributed by atoms with van der Waals surface area (Å²) in [4.78, 5) is 18.1. The van der Waals surface area contributed by atoms with E-state index in [1.807, 2.05) is 11.6 Å². The molecule has 1 aliphatic carbocycles. The Morgan fingerprint density at radius 1 is 1.18 bits per heavy atom. The highest BCUT2D eigenvalue weighted by atomic mass is 16.5. The predicted molar refractivity (Wildman–Crippen MR) is 127 cm³/mol. The number of nitrogens with zero attached hydrogens (tertiary/aromatic N) is 4. The molecule has 0 spiro atoms. The number of furan rings is 1. The summed E-state index contributed by atoms with van der Waals surface area (Å²) >= 11 is 0. The van der Waals surface area contributed by atoms with E-state index in [0.29, 0.717) is 39.6 Å². The third-order valence-electron chi connectivity index (χ3n) is 6.48. The van der Waals surface area contributed by atoms with E-state index >= 15 is 0 Å². The van der Waals surface area contributed by atoms with Crippen molar-refractivity contribution in [2.75, 3.05) is 5.32 Å². The zero-order valence-electron chi connectivity index (χ0n) is 18.9. The maximum Gasteiger partial charge on any atom is 0.259 e. The molecule has 8 nitrogen and oxygen atoms in total. The molecule has 34 heavy (non-hydrogen) atoms. The molecule has 1 unspecified atom stereocenters. The maximum absolute atomic E-state index is 13.7. The number of nitrogens with one attached hydrogen (secondary N) is 1. The molecule has 4 heterocycles. The fourth-order valence-electron chi connectivity index (χ4n) is 4.82. The van der Waals surface area contributed by atoms with Gasteiger partial charge in [0.1, 0.15) is 11.5 Å². The Morgan fingerprint density at radius 3 is 2.91 bits per heavy atom. The maximum atomic E-state index is 13.7. The molecule has 0 saturated carbocycles. The molecule has 4 aromatic heterocycles. The van der Waals surface area contributed by atoms with Crippen LogP contribution in [0.2, 0.25) is 0 Å². The number of fused-ring (bicyclic) bond motifs is 2. The summed E-state index contributed by atoms with van der Waals surface area (Å²) in [7, 11) is 0. The molecule has 6 rings (SSSR count). The van der Waals surface area contributed by atoms with E-state index in [4.69, 9.17) is 8.94 Å². The highest BCUT2D eigenvalue weighted by Crippen LogP contribution is 2.35. The molecule has 0 radical (unpaired) electrons. The minimum atomic E-state index is -0.277. The number of rotatable bonds is 4. The van der Waals surface area contributed by atoms with Gasteiger partial charge < -0.3 is 14.3 Å². The van der Waals surface area contributed by atoms with E-state index in [-0.39, 0.29) is 11.9 Å². The Labute approximate surface area is 195 Å². The lowest BCUT2D eigenvalue weighted by molar-refractivity contribution is 0.102. The lowest BCUT2D eigenvalue weighted by atomic mass is 9.88. The van der Waals surface area contributed by atoms with Crippen molar-refractivity contribution in [2.24, 2.45) is 0 Å². The number of aromatic nitrogens is 4. The van der Waals surface area contributed by atoms with Crippen LogP contribution in [0.5, 0.6) is 0 Å². The summed E-state index contributed by atoms with van der Waals surface area (Å²) in [6, 6.07) is 13.8. The largest absolute Gasteiger partial charge is 0.463 e. The van der Waals surface area contributed by atoms with Crippen molar-refractivity contribution in [3.63, 3.8) is 0 Å². The van der Waals surface area contributed by atoms with Crippen molar-refractivity contribution in [1.29, 1.82) is 0 Å². The second kappa shape index (κ2) is 7.98. The smallest absolute Gasteiger partial charge is 0.259 e. The normalized spacial score (nSPS) is 15.4. The molecule has 8 heteroatoms. The van der Waals surface area contributed by atoms with E-state index in [2.05, 4.69) is 44.8 Å². The lowest BCUT2D eigenvalue weighted by Crippen LogP contribution is -2.23. The molecule has 1 amide bonds. The van der Waals surface area contributed by atoms with Gasteiger partial charge in [0.05, 0.1) is 35.1 Å². The average molecular weight is 454 g/mol. The van der Waals surface area contributed by atoms with Crippen molar-refractivity contribution < 1.29 is 13.7 Å². The molecule has 170 valence electrons. The van der Waals surface area contributed by atoms with E-state index in [0.717, 1.165) is 24.8 Å². The summed E-state index contributed by atoms with van der Waals surface area (Å²) in [6.07, 6.45) is 6.47. The van der Waals surface area contributed by atoms with Gasteiger partial charge in [-0.05, 0) is 62.4 Å². The first-order valence-corrected chi connectivity index (χ1v) is 11.3. The van der Waals surface area contributed by atoms with E-state index in [1.54, 1.807) is 37.6 Å². The van der Waals surface area contributed by atoms with Gasteiger partial charge >= 0.3 is 0 Å². The van der Waals surface area contributed by atoms with Gasteiger partial charge in [-0.25, -0.2) is 9.67 Å². The Bertz CT molecular complexity index is 1510. The molecule has 1 N–H and O–H groups in total. The summed E-state index contributed by atoms with van der Waals surface area (Å²) < 4.78 is 12.8. The SMILES string of the molecule is Cc1cnn(C2CCCc3ccccc32)c1NC(=O)c1cc(-c2ccco2)nc2onc(C)c12. The standard InChI is InChI=1S/C26H23N5O3/c1-15-14-27-31(21-10-5-8-17-7-3-4-9-18(17)21)24(15)29-25(32)19-13-20(22-11-6-12-33-22)28-26-23(19)16(2)30-34-26/h3-4,6-7,9,11-14,21H,5,8,10H2,1-2H3,(H,29,32). The van der Waals surface area contributed by atoms with E-state index < -0.39 is 0 Å². The number of amides is 1. The number of aryl methyl sites for hydroxylation is 3. The van der Waals surface area contributed by atoms with Crippen molar-refractivity contribution in [3.05, 3.63) is 82.9 Å². The third-order valence-corrected chi connectivity index (χ3v) is 6.48. The fourth-order valence-corrected chi connectivity index (χ4v) is 4.82. The van der Waals surface area contributed by atoms with Crippen LogP contribution in [0.15, 0.2) is 63.9 Å². The van der Waals surface area contributed by atoms with Crippen LogP contribution >= 0.6 is 0 Å². The molecular weight excluding hydrogens is 430 g/mol. The quantitative estimate of drug-likeness (QED) is 0.387. The summed E-state index contributed by atoms with van der Waals surface area (Å²) in [5, 5.41) is 12.4. The van der Waals surface area contributed by atoms with Gasteiger partial charge in [-0.3, -0.25) is 4.79 Å². The van der Waals surface area contributed by atoms with Gasteiger partial charge in [-0.15, -0.1) is 0 Å². The topological polar surface area (TPSA) is 99.0 Å². The zero-order chi connectivity index (χ0) is 23.2. The van der Waals surface area contributed by atoms with E-state index in [9.17, 15) is 4.79 Å². The number of anilines is 1.